The van der Waals surface area contributed by atoms with Crippen molar-refractivity contribution in [1.82, 2.24) is 4.57 Å². The maximum absolute atomic E-state index is 12.9. The number of carbonyl (C=O) groups is 2. The highest BCUT2D eigenvalue weighted by Crippen LogP contribution is 2.20. The minimum Gasteiger partial charge on any atom is -0.484 e. The summed E-state index contributed by atoms with van der Waals surface area (Å²) in [6.07, 6.45) is 1.69. The molecular formula is C20H17FN2O4S. The van der Waals surface area contributed by atoms with Gasteiger partial charge in [-0.3, -0.25) is 4.79 Å². The molecule has 0 radical (unpaired) electrons. The fraction of sp³-hybridized carbons (Fsp3) is 0.150. The van der Waals surface area contributed by atoms with E-state index in [0.717, 1.165) is 10.2 Å². The summed E-state index contributed by atoms with van der Waals surface area (Å²) in [5.41, 5.74) is 1.24. The Morgan fingerprint density at radius 1 is 1.25 bits per heavy atom. The summed E-state index contributed by atoms with van der Waals surface area (Å²) in [7, 11) is 1.32. The molecule has 2 aromatic carbocycles. The molecule has 0 aliphatic rings. The van der Waals surface area contributed by atoms with Gasteiger partial charge in [0.15, 0.2) is 11.4 Å². The summed E-state index contributed by atoms with van der Waals surface area (Å²) in [6, 6.07) is 10.5. The van der Waals surface area contributed by atoms with Gasteiger partial charge in [0.25, 0.3) is 5.91 Å². The fourth-order valence-electron chi connectivity index (χ4n) is 2.52. The third-order valence-corrected chi connectivity index (χ3v) is 4.85. The molecule has 0 N–H and O–H groups in total. The minimum absolute atomic E-state index is 0.276. The summed E-state index contributed by atoms with van der Waals surface area (Å²) in [5.74, 6) is -0.928. The van der Waals surface area contributed by atoms with Crippen LogP contribution in [0.1, 0.15) is 10.4 Å². The van der Waals surface area contributed by atoms with E-state index in [4.69, 9.17) is 9.47 Å². The molecule has 0 fully saturated rings. The van der Waals surface area contributed by atoms with Crippen LogP contribution in [0.2, 0.25) is 0 Å². The summed E-state index contributed by atoms with van der Waals surface area (Å²) in [6.45, 7) is 3.90. The lowest BCUT2D eigenvalue weighted by molar-refractivity contribution is -0.120. The van der Waals surface area contributed by atoms with E-state index in [2.05, 4.69) is 11.6 Å². The number of thiazole rings is 1. The zero-order chi connectivity index (χ0) is 20.1. The van der Waals surface area contributed by atoms with E-state index >= 15 is 0 Å². The Morgan fingerprint density at radius 3 is 2.68 bits per heavy atom. The van der Waals surface area contributed by atoms with E-state index in [1.165, 1.54) is 42.7 Å². The number of ether oxygens (including phenoxy) is 2. The van der Waals surface area contributed by atoms with Gasteiger partial charge in [0.2, 0.25) is 0 Å². The van der Waals surface area contributed by atoms with Crippen LogP contribution in [0.4, 0.5) is 4.39 Å². The lowest BCUT2D eigenvalue weighted by atomic mass is 10.2. The van der Waals surface area contributed by atoms with Crippen LogP contribution in [0.5, 0.6) is 5.75 Å². The van der Waals surface area contributed by atoms with E-state index in [1.807, 2.05) is 4.57 Å². The van der Waals surface area contributed by atoms with Gasteiger partial charge in [0.05, 0.1) is 22.9 Å². The third kappa shape index (κ3) is 4.34. The van der Waals surface area contributed by atoms with E-state index in [9.17, 15) is 14.0 Å². The number of esters is 1. The fourth-order valence-corrected chi connectivity index (χ4v) is 3.62. The second kappa shape index (κ2) is 8.62. The number of aromatic nitrogens is 1. The largest absolute Gasteiger partial charge is 0.484 e. The average Bonchev–Trinajstić information content (AvgIpc) is 3.03. The molecule has 0 aliphatic heterocycles. The first-order chi connectivity index (χ1) is 13.5. The topological polar surface area (TPSA) is 69.9 Å². The van der Waals surface area contributed by atoms with Gasteiger partial charge in [-0.2, -0.15) is 4.99 Å². The maximum atomic E-state index is 12.9. The van der Waals surface area contributed by atoms with Crippen molar-refractivity contribution >= 4 is 33.4 Å². The highest BCUT2D eigenvalue weighted by molar-refractivity contribution is 7.16. The monoisotopic (exact) mass is 400 g/mol. The van der Waals surface area contributed by atoms with Gasteiger partial charge in [-0.05, 0) is 42.5 Å². The minimum atomic E-state index is -0.484. The molecule has 1 amide bonds. The molecule has 0 spiro atoms. The van der Waals surface area contributed by atoms with Crippen LogP contribution in [0, 0.1) is 5.82 Å². The molecule has 0 aliphatic carbocycles. The zero-order valence-corrected chi connectivity index (χ0v) is 15.9. The van der Waals surface area contributed by atoms with Gasteiger partial charge >= 0.3 is 5.97 Å². The number of nitrogens with zero attached hydrogens (tertiary/aromatic N) is 2. The Kier molecular flexibility index (Phi) is 6.00. The highest BCUT2D eigenvalue weighted by Gasteiger charge is 2.12. The van der Waals surface area contributed by atoms with E-state index < -0.39 is 11.9 Å². The first-order valence-electron chi connectivity index (χ1n) is 8.30. The van der Waals surface area contributed by atoms with Crippen LogP contribution in [-0.4, -0.2) is 30.2 Å². The summed E-state index contributed by atoms with van der Waals surface area (Å²) in [4.78, 5) is 28.6. The highest BCUT2D eigenvalue weighted by atomic mass is 32.1. The lowest BCUT2D eigenvalue weighted by Crippen LogP contribution is -2.19. The van der Waals surface area contributed by atoms with Gasteiger partial charge in [-0.15, -0.1) is 6.58 Å². The van der Waals surface area contributed by atoms with Crippen LogP contribution >= 0.6 is 11.3 Å². The normalized spacial score (nSPS) is 11.4. The summed E-state index contributed by atoms with van der Waals surface area (Å²) < 4.78 is 25.6. The molecule has 1 heterocycles. The standard InChI is InChI=1S/C20H17FN2O4S/c1-3-10-23-16-9-4-13(19(25)26-2)11-17(16)28-20(23)22-18(24)12-27-15-7-5-14(21)6-8-15/h3-9,11H,1,10,12H2,2H3. The first-order valence-corrected chi connectivity index (χ1v) is 9.12. The number of hydrogen-bond acceptors (Lipinski definition) is 5. The zero-order valence-electron chi connectivity index (χ0n) is 15.1. The second-order valence-electron chi connectivity index (χ2n) is 5.71. The molecule has 0 atom stereocenters. The van der Waals surface area contributed by atoms with Crippen molar-refractivity contribution < 1.29 is 23.5 Å². The number of allylic oxidation sites excluding steroid dienone is 1. The third-order valence-electron chi connectivity index (χ3n) is 3.81. The maximum Gasteiger partial charge on any atom is 0.337 e. The molecule has 6 nitrogen and oxygen atoms in total. The molecule has 28 heavy (non-hydrogen) atoms. The summed E-state index contributed by atoms with van der Waals surface area (Å²) in [5, 5.41) is 0. The number of hydrogen-bond donors (Lipinski definition) is 0. The number of benzene rings is 2. The number of fused-ring (bicyclic) bond motifs is 1. The van der Waals surface area contributed by atoms with Crippen molar-refractivity contribution in [2.75, 3.05) is 13.7 Å². The van der Waals surface area contributed by atoms with Crippen molar-refractivity contribution in [3.63, 3.8) is 0 Å². The van der Waals surface area contributed by atoms with Gasteiger partial charge in [0, 0.05) is 6.54 Å². The molecule has 0 saturated heterocycles. The number of methoxy groups -OCH3 is 1. The van der Waals surface area contributed by atoms with Crippen molar-refractivity contribution in [3.8, 4) is 5.75 Å². The van der Waals surface area contributed by atoms with Crippen molar-refractivity contribution in [1.29, 1.82) is 0 Å². The van der Waals surface area contributed by atoms with Crippen molar-refractivity contribution in [2.45, 2.75) is 6.54 Å². The van der Waals surface area contributed by atoms with Crippen LogP contribution in [0.25, 0.3) is 10.2 Å². The Morgan fingerprint density at radius 2 is 2.00 bits per heavy atom. The average molecular weight is 400 g/mol. The molecule has 144 valence electrons. The van der Waals surface area contributed by atoms with Crippen LogP contribution < -0.4 is 9.54 Å². The van der Waals surface area contributed by atoms with Gasteiger partial charge < -0.3 is 14.0 Å². The SMILES string of the molecule is C=CCn1c(=NC(=O)COc2ccc(F)cc2)sc2cc(C(=O)OC)ccc21. The molecule has 0 unspecified atom stereocenters. The Hall–Kier alpha value is -3.26. The van der Waals surface area contributed by atoms with E-state index in [-0.39, 0.29) is 12.4 Å². The molecular weight excluding hydrogens is 383 g/mol. The Balaban J connectivity index is 1.89. The first kappa shape index (κ1) is 19.5. The Bertz CT molecular complexity index is 1100. The Labute approximate surface area is 164 Å². The van der Waals surface area contributed by atoms with Gasteiger partial charge in [0.1, 0.15) is 11.6 Å². The van der Waals surface area contributed by atoms with Crippen LogP contribution in [-0.2, 0) is 16.1 Å². The smallest absolute Gasteiger partial charge is 0.337 e. The van der Waals surface area contributed by atoms with Crippen molar-refractivity contribution in [2.24, 2.45) is 4.99 Å². The van der Waals surface area contributed by atoms with Crippen molar-refractivity contribution in [3.05, 3.63) is 71.3 Å². The van der Waals surface area contributed by atoms with Crippen LogP contribution in [0.3, 0.4) is 0 Å². The molecule has 3 aromatic rings. The van der Waals surface area contributed by atoms with Gasteiger partial charge in [-0.25, -0.2) is 9.18 Å². The number of rotatable bonds is 6. The number of carbonyl (C=O) groups excluding carboxylic acids is 2. The number of halogens is 1. The predicted molar refractivity (Wildman–Crippen MR) is 104 cm³/mol. The quantitative estimate of drug-likeness (QED) is 0.470. The summed E-state index contributed by atoms with van der Waals surface area (Å²) >= 11 is 1.27. The molecule has 8 heteroatoms. The molecule has 1 aromatic heterocycles. The molecule has 0 saturated carbocycles. The van der Waals surface area contributed by atoms with E-state index in [0.29, 0.717) is 22.7 Å². The molecule has 3 rings (SSSR count). The predicted octanol–water partition coefficient (Wildman–Crippen LogP) is 3.32. The van der Waals surface area contributed by atoms with Crippen LogP contribution in [0.15, 0.2) is 60.1 Å². The van der Waals surface area contributed by atoms with E-state index in [1.54, 1.807) is 24.3 Å². The molecule has 0 bridgehead atoms. The number of amides is 1. The van der Waals surface area contributed by atoms with Gasteiger partial charge in [-0.1, -0.05) is 17.4 Å². The lowest BCUT2D eigenvalue weighted by Gasteiger charge is -2.03. The second-order valence-corrected chi connectivity index (χ2v) is 6.72.